The highest BCUT2D eigenvalue weighted by molar-refractivity contribution is 6.74. The molecule has 2 aliphatic rings. The SMILES string of the molecule is C[C@@H]1C[C@H](CO)[C@@](CO[Si](C)(C)C(C)(C)C)(NC(=O)OCc2ccccc2)[C@@H]2OC(C)(C)C[C@@H]12. The average molecular weight is 492 g/mol. The highest BCUT2D eigenvalue weighted by Gasteiger charge is 2.61. The third-order valence-corrected chi connectivity index (χ3v) is 12.9. The molecule has 7 heteroatoms. The molecule has 3 rings (SSSR count). The Labute approximate surface area is 206 Å². The first-order chi connectivity index (χ1) is 15.7. The van der Waals surface area contributed by atoms with Crippen LogP contribution in [0.3, 0.4) is 0 Å². The Morgan fingerprint density at radius 1 is 1.24 bits per heavy atom. The smallest absolute Gasteiger partial charge is 0.408 e. The van der Waals surface area contributed by atoms with Gasteiger partial charge in [-0.1, -0.05) is 58.0 Å². The molecule has 1 amide bonds. The molecule has 34 heavy (non-hydrogen) atoms. The predicted octanol–water partition coefficient (Wildman–Crippen LogP) is 5.51. The highest BCUT2D eigenvalue weighted by Crippen LogP contribution is 2.52. The maximum Gasteiger partial charge on any atom is 0.408 e. The van der Waals surface area contributed by atoms with Gasteiger partial charge in [-0.2, -0.15) is 0 Å². The van der Waals surface area contributed by atoms with Crippen LogP contribution < -0.4 is 5.32 Å². The minimum absolute atomic E-state index is 0.0217. The summed E-state index contributed by atoms with van der Waals surface area (Å²) in [5.41, 5.74) is -0.231. The van der Waals surface area contributed by atoms with Gasteiger partial charge < -0.3 is 24.3 Å². The zero-order chi connectivity index (χ0) is 25.4. The van der Waals surface area contributed by atoms with Crippen molar-refractivity contribution in [2.75, 3.05) is 13.2 Å². The third kappa shape index (κ3) is 5.69. The predicted molar refractivity (Wildman–Crippen MR) is 137 cm³/mol. The summed E-state index contributed by atoms with van der Waals surface area (Å²) < 4.78 is 19.0. The van der Waals surface area contributed by atoms with E-state index in [0.717, 1.165) is 18.4 Å². The van der Waals surface area contributed by atoms with E-state index < -0.39 is 19.9 Å². The zero-order valence-electron chi connectivity index (χ0n) is 22.3. The minimum atomic E-state index is -2.13. The normalized spacial score (nSPS) is 31.1. The molecule has 0 radical (unpaired) electrons. The van der Waals surface area contributed by atoms with Crippen LogP contribution in [0.25, 0.3) is 0 Å². The molecule has 1 saturated heterocycles. The van der Waals surface area contributed by atoms with Crippen LogP contribution in [-0.4, -0.2) is 50.0 Å². The topological polar surface area (TPSA) is 77.0 Å². The van der Waals surface area contributed by atoms with Gasteiger partial charge in [-0.15, -0.1) is 0 Å². The van der Waals surface area contributed by atoms with Gasteiger partial charge in [0.25, 0.3) is 0 Å². The van der Waals surface area contributed by atoms with Crippen molar-refractivity contribution in [2.24, 2.45) is 17.8 Å². The second-order valence-corrected chi connectivity index (χ2v) is 17.3. The summed E-state index contributed by atoms with van der Waals surface area (Å²) in [6, 6.07) is 9.65. The van der Waals surface area contributed by atoms with Gasteiger partial charge in [-0.05, 0) is 62.2 Å². The molecule has 0 aromatic heterocycles. The molecule has 1 saturated carbocycles. The minimum Gasteiger partial charge on any atom is -0.445 e. The van der Waals surface area contributed by atoms with Crippen molar-refractivity contribution >= 4 is 14.4 Å². The summed E-state index contributed by atoms with van der Waals surface area (Å²) in [5, 5.41) is 13.7. The number of aliphatic hydroxyl groups excluding tert-OH is 1. The molecular weight excluding hydrogens is 446 g/mol. The van der Waals surface area contributed by atoms with Crippen molar-refractivity contribution in [3.63, 3.8) is 0 Å². The maximum atomic E-state index is 13.2. The van der Waals surface area contributed by atoms with Gasteiger partial charge in [0, 0.05) is 12.5 Å². The number of aliphatic hydroxyl groups is 1. The summed E-state index contributed by atoms with van der Waals surface area (Å²) in [5.74, 6) is 0.467. The Balaban J connectivity index is 1.92. The molecule has 192 valence electrons. The standard InChI is InChI=1S/C27H45NO5Si/c1-19-14-21(16-29)27(18-32-34(7,8)25(2,3)4,23-22(19)15-26(5,6)33-23)28-24(30)31-17-20-12-10-9-11-13-20/h9-13,19,21-23,29H,14-18H2,1-8H3,(H,28,30)/t19-,21-,22+,23-,27-/m1/s1. The molecule has 2 N–H and O–H groups in total. The average Bonchev–Trinajstić information content (AvgIpc) is 3.09. The van der Waals surface area contributed by atoms with Crippen molar-refractivity contribution in [3.05, 3.63) is 35.9 Å². The number of carbonyl (C=O) groups excluding carboxylic acids is 1. The number of alkyl carbamates (subject to hydrolysis) is 1. The van der Waals surface area contributed by atoms with Crippen LogP contribution in [-0.2, 0) is 20.5 Å². The molecule has 0 spiro atoms. The van der Waals surface area contributed by atoms with E-state index in [1.165, 1.54) is 0 Å². The van der Waals surface area contributed by atoms with E-state index in [0.29, 0.717) is 12.5 Å². The molecule has 0 unspecified atom stereocenters. The summed E-state index contributed by atoms with van der Waals surface area (Å²) >= 11 is 0. The molecule has 0 bridgehead atoms. The van der Waals surface area contributed by atoms with E-state index in [4.69, 9.17) is 13.9 Å². The second kappa shape index (κ2) is 9.92. The van der Waals surface area contributed by atoms with E-state index in [2.05, 4.69) is 60.0 Å². The molecule has 1 aliphatic carbocycles. The number of ether oxygens (including phenoxy) is 2. The van der Waals surface area contributed by atoms with Gasteiger partial charge in [0.1, 0.15) is 6.61 Å². The van der Waals surface area contributed by atoms with Crippen LogP contribution in [0, 0.1) is 17.8 Å². The fourth-order valence-corrected chi connectivity index (χ4v) is 6.35. The Morgan fingerprint density at radius 2 is 1.88 bits per heavy atom. The number of hydrogen-bond donors (Lipinski definition) is 2. The zero-order valence-corrected chi connectivity index (χ0v) is 23.3. The molecule has 1 aromatic rings. The number of nitrogens with one attached hydrogen (secondary N) is 1. The molecule has 6 nitrogen and oxygen atoms in total. The molecule has 5 atom stereocenters. The lowest BCUT2D eigenvalue weighted by Gasteiger charge is -2.53. The van der Waals surface area contributed by atoms with E-state index in [1.807, 2.05) is 30.3 Å². The fraction of sp³-hybridized carbons (Fsp3) is 0.741. The Hall–Kier alpha value is -1.41. The third-order valence-electron chi connectivity index (χ3n) is 8.43. The van der Waals surface area contributed by atoms with Crippen molar-refractivity contribution in [1.82, 2.24) is 5.32 Å². The van der Waals surface area contributed by atoms with Gasteiger partial charge in [0.2, 0.25) is 0 Å². The summed E-state index contributed by atoms with van der Waals surface area (Å²) in [6.45, 7) is 17.9. The lowest BCUT2D eigenvalue weighted by molar-refractivity contribution is -0.126. The number of amides is 1. The van der Waals surface area contributed by atoms with E-state index in [-0.39, 0.29) is 41.8 Å². The Kier molecular flexibility index (Phi) is 7.93. The largest absolute Gasteiger partial charge is 0.445 e. The van der Waals surface area contributed by atoms with Crippen molar-refractivity contribution in [2.45, 2.75) is 96.4 Å². The van der Waals surface area contributed by atoms with Gasteiger partial charge in [-0.3, -0.25) is 0 Å². The molecule has 1 aliphatic heterocycles. The van der Waals surface area contributed by atoms with E-state index in [1.54, 1.807) is 0 Å². The van der Waals surface area contributed by atoms with E-state index >= 15 is 0 Å². The van der Waals surface area contributed by atoms with Gasteiger partial charge in [0.05, 0.1) is 23.9 Å². The number of benzene rings is 1. The lowest BCUT2D eigenvalue weighted by atomic mass is 9.62. The first-order valence-electron chi connectivity index (χ1n) is 12.6. The van der Waals surface area contributed by atoms with Gasteiger partial charge in [0.15, 0.2) is 8.32 Å². The number of fused-ring (bicyclic) bond motifs is 1. The summed E-state index contributed by atoms with van der Waals surface area (Å²) in [6.07, 6.45) is 0.969. The number of hydrogen-bond acceptors (Lipinski definition) is 5. The monoisotopic (exact) mass is 491 g/mol. The van der Waals surface area contributed by atoms with Crippen LogP contribution in [0.2, 0.25) is 18.1 Å². The quantitative estimate of drug-likeness (QED) is 0.492. The molecular formula is C27H45NO5Si. The first-order valence-corrected chi connectivity index (χ1v) is 15.5. The van der Waals surface area contributed by atoms with Crippen molar-refractivity contribution < 1.29 is 23.8 Å². The second-order valence-electron chi connectivity index (χ2n) is 12.5. The Morgan fingerprint density at radius 3 is 2.47 bits per heavy atom. The molecule has 1 heterocycles. The van der Waals surface area contributed by atoms with Crippen LogP contribution >= 0.6 is 0 Å². The maximum absolute atomic E-state index is 13.2. The first kappa shape index (κ1) is 27.2. The van der Waals surface area contributed by atoms with Gasteiger partial charge >= 0.3 is 6.09 Å². The van der Waals surface area contributed by atoms with Crippen LogP contribution in [0.5, 0.6) is 0 Å². The molecule has 1 aromatic carbocycles. The Bertz CT molecular complexity index is 837. The highest BCUT2D eigenvalue weighted by atomic mass is 28.4. The summed E-state index contributed by atoms with van der Waals surface area (Å²) in [7, 11) is -2.13. The van der Waals surface area contributed by atoms with Crippen molar-refractivity contribution in [3.8, 4) is 0 Å². The number of carbonyl (C=O) groups is 1. The molecule has 2 fully saturated rings. The van der Waals surface area contributed by atoms with E-state index in [9.17, 15) is 9.90 Å². The van der Waals surface area contributed by atoms with Gasteiger partial charge in [-0.25, -0.2) is 4.79 Å². The fourth-order valence-electron chi connectivity index (χ4n) is 5.32. The lowest BCUT2D eigenvalue weighted by Crippen LogP contribution is -2.70. The van der Waals surface area contributed by atoms with Crippen LogP contribution in [0.1, 0.15) is 59.9 Å². The van der Waals surface area contributed by atoms with Crippen LogP contribution in [0.15, 0.2) is 30.3 Å². The summed E-state index contributed by atoms with van der Waals surface area (Å²) in [4.78, 5) is 13.2. The number of rotatable bonds is 7. The van der Waals surface area contributed by atoms with Crippen molar-refractivity contribution in [1.29, 1.82) is 0 Å². The van der Waals surface area contributed by atoms with Crippen LogP contribution in [0.4, 0.5) is 4.79 Å².